The van der Waals surface area contributed by atoms with Gasteiger partial charge in [0, 0.05) is 6.54 Å². The van der Waals surface area contributed by atoms with Gasteiger partial charge in [-0.25, -0.2) is 0 Å². The van der Waals surface area contributed by atoms with Crippen LogP contribution in [-0.2, 0) is 6.54 Å². The van der Waals surface area contributed by atoms with E-state index < -0.39 is 0 Å². The minimum atomic E-state index is 0.132. The van der Waals surface area contributed by atoms with Gasteiger partial charge in [-0.2, -0.15) is 0 Å². The standard InChI is InChI=1S/C10H18N4O2/c1-2-11-6-9-12-13-10(16-9)14-5-3-4-8(14)7-15/h8,11,15H,2-7H2,1H3. The number of aromatic nitrogens is 2. The third-order valence-corrected chi connectivity index (χ3v) is 2.82. The summed E-state index contributed by atoms with van der Waals surface area (Å²) in [5.41, 5.74) is 0. The highest BCUT2D eigenvalue weighted by atomic mass is 16.4. The Morgan fingerprint density at radius 3 is 3.19 bits per heavy atom. The maximum absolute atomic E-state index is 9.20. The van der Waals surface area contributed by atoms with Gasteiger partial charge in [0.25, 0.3) is 0 Å². The van der Waals surface area contributed by atoms with E-state index in [9.17, 15) is 5.11 Å². The first-order chi connectivity index (χ1) is 7.85. The van der Waals surface area contributed by atoms with E-state index in [-0.39, 0.29) is 12.6 Å². The van der Waals surface area contributed by atoms with Gasteiger partial charge in [0.15, 0.2) is 0 Å². The number of nitrogens with one attached hydrogen (secondary N) is 1. The smallest absolute Gasteiger partial charge is 0.318 e. The van der Waals surface area contributed by atoms with Gasteiger partial charge < -0.3 is 19.7 Å². The van der Waals surface area contributed by atoms with Crippen LogP contribution in [0.25, 0.3) is 0 Å². The van der Waals surface area contributed by atoms with Gasteiger partial charge in [-0.15, -0.1) is 5.10 Å². The number of aliphatic hydroxyl groups excluding tert-OH is 1. The molecule has 0 bridgehead atoms. The van der Waals surface area contributed by atoms with E-state index in [1.807, 2.05) is 11.8 Å². The lowest BCUT2D eigenvalue weighted by Crippen LogP contribution is -2.32. The van der Waals surface area contributed by atoms with Crippen molar-refractivity contribution in [3.8, 4) is 0 Å². The zero-order valence-electron chi connectivity index (χ0n) is 9.52. The van der Waals surface area contributed by atoms with Gasteiger partial charge in [-0.3, -0.25) is 0 Å². The topological polar surface area (TPSA) is 74.4 Å². The first-order valence-corrected chi connectivity index (χ1v) is 5.75. The Morgan fingerprint density at radius 2 is 2.44 bits per heavy atom. The molecule has 16 heavy (non-hydrogen) atoms. The molecule has 0 amide bonds. The summed E-state index contributed by atoms with van der Waals surface area (Å²) in [5, 5.41) is 20.3. The van der Waals surface area contributed by atoms with Gasteiger partial charge in [0.1, 0.15) is 0 Å². The summed E-state index contributed by atoms with van der Waals surface area (Å²) in [4.78, 5) is 1.99. The summed E-state index contributed by atoms with van der Waals surface area (Å²) >= 11 is 0. The van der Waals surface area contributed by atoms with Gasteiger partial charge >= 0.3 is 6.01 Å². The number of hydrogen-bond donors (Lipinski definition) is 2. The van der Waals surface area contributed by atoms with Crippen LogP contribution in [0.4, 0.5) is 6.01 Å². The fourth-order valence-corrected chi connectivity index (χ4v) is 1.94. The minimum absolute atomic E-state index is 0.132. The van der Waals surface area contributed by atoms with Gasteiger partial charge in [-0.1, -0.05) is 12.0 Å². The third-order valence-electron chi connectivity index (χ3n) is 2.82. The average molecular weight is 226 g/mol. The monoisotopic (exact) mass is 226 g/mol. The lowest BCUT2D eigenvalue weighted by molar-refractivity contribution is 0.262. The minimum Gasteiger partial charge on any atom is -0.407 e. The van der Waals surface area contributed by atoms with Crippen molar-refractivity contribution in [2.45, 2.75) is 32.4 Å². The molecular formula is C10H18N4O2. The highest BCUT2D eigenvalue weighted by molar-refractivity contribution is 5.28. The molecule has 2 rings (SSSR count). The number of aliphatic hydroxyl groups is 1. The third kappa shape index (κ3) is 2.33. The molecule has 1 aromatic heterocycles. The zero-order valence-corrected chi connectivity index (χ0v) is 9.52. The van der Waals surface area contributed by atoms with Crippen molar-refractivity contribution in [3.63, 3.8) is 0 Å². The highest BCUT2D eigenvalue weighted by Gasteiger charge is 2.27. The predicted molar refractivity (Wildman–Crippen MR) is 59.1 cm³/mol. The number of hydrogen-bond acceptors (Lipinski definition) is 6. The van der Waals surface area contributed by atoms with Crippen LogP contribution in [0.1, 0.15) is 25.7 Å². The van der Waals surface area contributed by atoms with E-state index in [4.69, 9.17) is 4.42 Å². The normalized spacial score (nSPS) is 20.6. The molecule has 1 unspecified atom stereocenters. The Hall–Kier alpha value is -1.14. The fourth-order valence-electron chi connectivity index (χ4n) is 1.94. The molecule has 2 heterocycles. The van der Waals surface area contributed by atoms with Crippen molar-refractivity contribution >= 4 is 6.01 Å². The van der Waals surface area contributed by atoms with E-state index >= 15 is 0 Å². The second-order valence-corrected chi connectivity index (χ2v) is 3.93. The number of nitrogens with zero attached hydrogens (tertiary/aromatic N) is 3. The molecule has 1 atom stereocenters. The molecule has 0 saturated carbocycles. The summed E-state index contributed by atoms with van der Waals surface area (Å²) in [6.45, 7) is 4.53. The van der Waals surface area contributed by atoms with Crippen molar-refractivity contribution in [3.05, 3.63) is 5.89 Å². The Bertz CT molecular complexity index is 328. The van der Waals surface area contributed by atoms with Crippen molar-refractivity contribution in [1.82, 2.24) is 15.5 Å². The molecule has 1 aromatic rings. The van der Waals surface area contributed by atoms with Crippen LogP contribution >= 0.6 is 0 Å². The molecule has 1 aliphatic rings. The fraction of sp³-hybridized carbons (Fsp3) is 0.800. The molecular weight excluding hydrogens is 208 g/mol. The molecule has 1 saturated heterocycles. The SMILES string of the molecule is CCNCc1nnc(N2CCCC2CO)o1. The summed E-state index contributed by atoms with van der Waals surface area (Å²) in [7, 11) is 0. The van der Waals surface area contributed by atoms with Crippen LogP contribution in [-0.4, -0.2) is 41.0 Å². The van der Waals surface area contributed by atoms with Crippen molar-refractivity contribution in [2.24, 2.45) is 0 Å². The lowest BCUT2D eigenvalue weighted by Gasteiger charge is -2.19. The second-order valence-electron chi connectivity index (χ2n) is 3.93. The van der Waals surface area contributed by atoms with Crippen LogP contribution in [0.5, 0.6) is 0 Å². The molecule has 1 fully saturated rings. The van der Waals surface area contributed by atoms with Crippen LogP contribution in [0.2, 0.25) is 0 Å². The lowest BCUT2D eigenvalue weighted by atomic mass is 10.2. The van der Waals surface area contributed by atoms with Crippen molar-refractivity contribution < 1.29 is 9.52 Å². The Kier molecular flexibility index (Phi) is 3.74. The predicted octanol–water partition coefficient (Wildman–Crippen LogP) is 0.140. The molecule has 6 heteroatoms. The molecule has 90 valence electrons. The largest absolute Gasteiger partial charge is 0.407 e. The van der Waals surface area contributed by atoms with E-state index in [0.29, 0.717) is 18.5 Å². The second kappa shape index (κ2) is 5.27. The van der Waals surface area contributed by atoms with Crippen molar-refractivity contribution in [2.75, 3.05) is 24.6 Å². The summed E-state index contributed by atoms with van der Waals surface area (Å²) in [6.07, 6.45) is 2.05. The van der Waals surface area contributed by atoms with Crippen LogP contribution in [0, 0.1) is 0 Å². The van der Waals surface area contributed by atoms with E-state index in [2.05, 4.69) is 15.5 Å². The van der Waals surface area contributed by atoms with Crippen molar-refractivity contribution in [1.29, 1.82) is 0 Å². The summed E-state index contributed by atoms with van der Waals surface area (Å²) in [5.74, 6) is 0.598. The maximum Gasteiger partial charge on any atom is 0.318 e. The van der Waals surface area contributed by atoms with E-state index in [1.165, 1.54) is 0 Å². The van der Waals surface area contributed by atoms with E-state index in [1.54, 1.807) is 0 Å². The summed E-state index contributed by atoms with van der Waals surface area (Å²) in [6, 6.07) is 0.664. The molecule has 6 nitrogen and oxygen atoms in total. The van der Waals surface area contributed by atoms with Crippen LogP contribution < -0.4 is 10.2 Å². The summed E-state index contributed by atoms with van der Waals surface area (Å²) < 4.78 is 5.53. The Morgan fingerprint density at radius 1 is 1.56 bits per heavy atom. The van der Waals surface area contributed by atoms with E-state index in [0.717, 1.165) is 25.9 Å². The quantitative estimate of drug-likeness (QED) is 0.744. The molecule has 0 radical (unpaired) electrons. The number of anilines is 1. The van der Waals surface area contributed by atoms with Gasteiger partial charge in [-0.05, 0) is 19.4 Å². The Labute approximate surface area is 94.7 Å². The molecule has 2 N–H and O–H groups in total. The molecule has 0 aromatic carbocycles. The highest BCUT2D eigenvalue weighted by Crippen LogP contribution is 2.23. The zero-order chi connectivity index (χ0) is 11.4. The maximum atomic E-state index is 9.20. The first kappa shape index (κ1) is 11.3. The van der Waals surface area contributed by atoms with Gasteiger partial charge in [0.05, 0.1) is 19.2 Å². The van der Waals surface area contributed by atoms with Crippen LogP contribution in [0.3, 0.4) is 0 Å². The number of rotatable bonds is 5. The average Bonchev–Trinajstić information content (AvgIpc) is 2.94. The Balaban J connectivity index is 2.00. The first-order valence-electron chi connectivity index (χ1n) is 5.75. The molecule has 0 aliphatic carbocycles. The molecule has 1 aliphatic heterocycles. The van der Waals surface area contributed by atoms with Gasteiger partial charge in [0.2, 0.25) is 5.89 Å². The molecule has 0 spiro atoms. The van der Waals surface area contributed by atoms with Crippen LogP contribution in [0.15, 0.2) is 4.42 Å².